The van der Waals surface area contributed by atoms with Crippen LogP contribution in [0.3, 0.4) is 0 Å². The Morgan fingerprint density at radius 2 is 2.00 bits per heavy atom. The second-order valence-electron chi connectivity index (χ2n) is 6.39. The zero-order valence-corrected chi connectivity index (χ0v) is 12.7. The minimum atomic E-state index is -0.256. The second kappa shape index (κ2) is 5.82. The van der Waals surface area contributed by atoms with E-state index in [1.807, 2.05) is 6.07 Å². The number of aliphatic hydroxyl groups is 1. The molecule has 4 rings (SSSR count). The third kappa shape index (κ3) is 2.55. The number of hydrogen-bond donors (Lipinski definition) is 1. The van der Waals surface area contributed by atoms with Gasteiger partial charge in [0, 0.05) is 25.6 Å². The molecule has 3 heterocycles. The number of aromatic nitrogens is 3. The summed E-state index contributed by atoms with van der Waals surface area (Å²) in [6.45, 7) is 2.51. The molecule has 0 amide bonds. The maximum Gasteiger partial charge on any atom is 0.147 e. The van der Waals surface area contributed by atoms with Crippen LogP contribution in [0.5, 0.6) is 0 Å². The van der Waals surface area contributed by atoms with E-state index in [-0.39, 0.29) is 12.1 Å². The Morgan fingerprint density at radius 3 is 2.86 bits per heavy atom. The van der Waals surface area contributed by atoms with Crippen molar-refractivity contribution < 1.29 is 5.11 Å². The number of β-amino-alcohol motifs (C(OH)–C–C–N with tert-alkyl or cyclic N) is 1. The summed E-state index contributed by atoms with van der Waals surface area (Å²) in [5.41, 5.74) is 1.28. The third-order valence-corrected chi connectivity index (χ3v) is 4.85. The summed E-state index contributed by atoms with van der Waals surface area (Å²) < 4.78 is 2.27. The van der Waals surface area contributed by atoms with Gasteiger partial charge in [-0.3, -0.25) is 4.90 Å². The van der Waals surface area contributed by atoms with E-state index in [9.17, 15) is 5.11 Å². The van der Waals surface area contributed by atoms with Crippen LogP contribution in [0, 0.1) is 0 Å². The van der Waals surface area contributed by atoms with E-state index in [1.165, 1.54) is 18.4 Å². The van der Waals surface area contributed by atoms with Gasteiger partial charge in [0.15, 0.2) is 0 Å². The molecular weight excluding hydrogens is 276 g/mol. The van der Waals surface area contributed by atoms with Crippen LogP contribution in [0.1, 0.15) is 42.5 Å². The van der Waals surface area contributed by atoms with Gasteiger partial charge in [-0.05, 0) is 24.8 Å². The molecule has 116 valence electrons. The quantitative estimate of drug-likeness (QED) is 0.940. The number of aliphatic hydroxyl groups excluding tert-OH is 1. The van der Waals surface area contributed by atoms with Crippen molar-refractivity contribution in [2.45, 2.75) is 50.9 Å². The number of fused-ring (bicyclic) bond motifs is 1. The fraction of sp³-hybridized carbons (Fsp3) is 0.529. The average Bonchev–Trinajstić information content (AvgIpc) is 3.13. The Kier molecular flexibility index (Phi) is 3.68. The fourth-order valence-corrected chi connectivity index (χ4v) is 3.74. The van der Waals surface area contributed by atoms with E-state index in [1.54, 1.807) is 0 Å². The highest BCUT2D eigenvalue weighted by atomic mass is 16.3. The van der Waals surface area contributed by atoms with Crippen LogP contribution in [0.2, 0.25) is 0 Å². The molecule has 1 N–H and O–H groups in total. The largest absolute Gasteiger partial charge is 0.392 e. The van der Waals surface area contributed by atoms with Gasteiger partial charge in [-0.2, -0.15) is 0 Å². The minimum absolute atomic E-state index is 0.256. The zero-order chi connectivity index (χ0) is 14.9. The standard InChI is InChI=1S/C17H22N4O/c22-14-10-15(13-6-2-1-3-7-13)20(11-14)12-17-19-18-16-8-4-5-9-21(16)17/h1-3,6-7,14-15,22H,4-5,8-12H2. The van der Waals surface area contributed by atoms with Crippen molar-refractivity contribution in [3.8, 4) is 0 Å². The molecule has 0 bridgehead atoms. The molecule has 0 radical (unpaired) electrons. The van der Waals surface area contributed by atoms with Crippen molar-refractivity contribution in [3.63, 3.8) is 0 Å². The van der Waals surface area contributed by atoms with Crippen molar-refractivity contribution in [2.75, 3.05) is 6.54 Å². The molecule has 1 aromatic carbocycles. The van der Waals surface area contributed by atoms with Crippen LogP contribution in [-0.4, -0.2) is 37.4 Å². The lowest BCUT2D eigenvalue weighted by atomic mass is 10.0. The van der Waals surface area contributed by atoms with Crippen LogP contribution in [0.25, 0.3) is 0 Å². The average molecular weight is 298 g/mol. The Morgan fingerprint density at radius 1 is 1.14 bits per heavy atom. The Hall–Kier alpha value is -1.72. The fourth-order valence-electron chi connectivity index (χ4n) is 3.74. The van der Waals surface area contributed by atoms with Crippen molar-refractivity contribution in [2.24, 2.45) is 0 Å². The van der Waals surface area contributed by atoms with E-state index in [0.29, 0.717) is 6.54 Å². The summed E-state index contributed by atoms with van der Waals surface area (Å²) in [5, 5.41) is 18.9. The molecule has 5 heteroatoms. The second-order valence-corrected chi connectivity index (χ2v) is 6.39. The van der Waals surface area contributed by atoms with Crippen molar-refractivity contribution >= 4 is 0 Å². The highest BCUT2D eigenvalue weighted by molar-refractivity contribution is 5.20. The van der Waals surface area contributed by atoms with Crippen LogP contribution < -0.4 is 0 Å². The molecule has 0 saturated carbocycles. The van der Waals surface area contributed by atoms with E-state index in [0.717, 1.165) is 37.6 Å². The highest BCUT2D eigenvalue weighted by Gasteiger charge is 2.33. The van der Waals surface area contributed by atoms with Gasteiger partial charge in [0.1, 0.15) is 11.6 Å². The van der Waals surface area contributed by atoms with Crippen LogP contribution >= 0.6 is 0 Å². The molecule has 2 aliphatic heterocycles. The molecule has 22 heavy (non-hydrogen) atoms. The summed E-state index contributed by atoms with van der Waals surface area (Å²) in [6.07, 6.45) is 4.01. The number of benzene rings is 1. The molecule has 1 saturated heterocycles. The van der Waals surface area contributed by atoms with Crippen LogP contribution in [0.4, 0.5) is 0 Å². The first-order chi connectivity index (χ1) is 10.8. The Bertz CT molecular complexity index is 639. The van der Waals surface area contributed by atoms with Gasteiger partial charge in [-0.15, -0.1) is 10.2 Å². The molecule has 2 aliphatic rings. The molecule has 2 unspecified atom stereocenters. The first-order valence-corrected chi connectivity index (χ1v) is 8.19. The number of nitrogens with zero attached hydrogens (tertiary/aromatic N) is 4. The van der Waals surface area contributed by atoms with E-state index < -0.39 is 0 Å². The maximum atomic E-state index is 10.1. The predicted molar refractivity (Wildman–Crippen MR) is 83.2 cm³/mol. The molecule has 1 fully saturated rings. The molecule has 2 atom stereocenters. The topological polar surface area (TPSA) is 54.2 Å². The minimum Gasteiger partial charge on any atom is -0.392 e. The van der Waals surface area contributed by atoms with Crippen molar-refractivity contribution in [3.05, 3.63) is 47.5 Å². The van der Waals surface area contributed by atoms with Crippen molar-refractivity contribution in [1.29, 1.82) is 0 Å². The molecule has 5 nitrogen and oxygen atoms in total. The molecular formula is C17H22N4O. The smallest absolute Gasteiger partial charge is 0.147 e. The molecule has 2 aromatic rings. The summed E-state index contributed by atoms with van der Waals surface area (Å²) in [7, 11) is 0. The van der Waals surface area contributed by atoms with Gasteiger partial charge >= 0.3 is 0 Å². The van der Waals surface area contributed by atoms with E-state index >= 15 is 0 Å². The van der Waals surface area contributed by atoms with E-state index in [4.69, 9.17) is 0 Å². The molecule has 0 spiro atoms. The van der Waals surface area contributed by atoms with Gasteiger partial charge in [0.25, 0.3) is 0 Å². The Labute approximate surface area is 130 Å². The lowest BCUT2D eigenvalue weighted by molar-refractivity contribution is 0.170. The van der Waals surface area contributed by atoms with Gasteiger partial charge in [0.05, 0.1) is 12.6 Å². The van der Waals surface area contributed by atoms with Gasteiger partial charge < -0.3 is 9.67 Å². The molecule has 1 aromatic heterocycles. The normalized spacial score (nSPS) is 25.3. The lowest BCUT2D eigenvalue weighted by Gasteiger charge is -2.25. The highest BCUT2D eigenvalue weighted by Crippen LogP contribution is 2.33. The predicted octanol–water partition coefficient (Wildman–Crippen LogP) is 1.92. The monoisotopic (exact) mass is 298 g/mol. The Balaban J connectivity index is 1.57. The first kappa shape index (κ1) is 13.9. The first-order valence-electron chi connectivity index (χ1n) is 8.19. The SMILES string of the molecule is OC1CC(c2ccccc2)N(Cc2nnc3n2CCCC3)C1. The van der Waals surface area contributed by atoms with Gasteiger partial charge in [-0.25, -0.2) is 0 Å². The van der Waals surface area contributed by atoms with E-state index in [2.05, 4.69) is 43.9 Å². The number of hydrogen-bond acceptors (Lipinski definition) is 4. The zero-order valence-electron chi connectivity index (χ0n) is 12.7. The van der Waals surface area contributed by atoms with Gasteiger partial charge in [-0.1, -0.05) is 30.3 Å². The maximum absolute atomic E-state index is 10.1. The van der Waals surface area contributed by atoms with Gasteiger partial charge in [0.2, 0.25) is 0 Å². The third-order valence-electron chi connectivity index (χ3n) is 4.85. The summed E-state index contributed by atoms with van der Waals surface area (Å²) in [6, 6.07) is 10.7. The lowest BCUT2D eigenvalue weighted by Crippen LogP contribution is -2.27. The van der Waals surface area contributed by atoms with Crippen LogP contribution in [-0.2, 0) is 19.5 Å². The summed E-state index contributed by atoms with van der Waals surface area (Å²) in [4.78, 5) is 2.34. The molecule has 0 aliphatic carbocycles. The summed E-state index contributed by atoms with van der Waals surface area (Å²) in [5.74, 6) is 2.17. The van der Waals surface area contributed by atoms with Crippen LogP contribution in [0.15, 0.2) is 30.3 Å². The number of rotatable bonds is 3. The number of likely N-dealkylation sites (tertiary alicyclic amines) is 1. The summed E-state index contributed by atoms with van der Waals surface area (Å²) >= 11 is 0. The van der Waals surface area contributed by atoms with Crippen molar-refractivity contribution in [1.82, 2.24) is 19.7 Å². The number of aryl methyl sites for hydroxylation is 1.